The van der Waals surface area contributed by atoms with Crippen molar-refractivity contribution in [1.29, 1.82) is 0 Å². The summed E-state index contributed by atoms with van der Waals surface area (Å²) in [5.74, 6) is 0.0492. The van der Waals surface area contributed by atoms with Gasteiger partial charge in [0.2, 0.25) is 0 Å². The minimum atomic E-state index is -3.94. The molecule has 21 heavy (non-hydrogen) atoms. The molecule has 0 aliphatic heterocycles. The van der Waals surface area contributed by atoms with E-state index < -0.39 is 9.05 Å². The van der Waals surface area contributed by atoms with Crippen LogP contribution >= 0.6 is 22.3 Å². The lowest BCUT2D eigenvalue weighted by molar-refractivity contribution is 0.0945. The van der Waals surface area contributed by atoms with Crippen LogP contribution in [0, 0.1) is 12.8 Å². The fourth-order valence-corrected chi connectivity index (χ4v) is 3.56. The summed E-state index contributed by atoms with van der Waals surface area (Å²) < 4.78 is 23.0. The summed E-state index contributed by atoms with van der Waals surface area (Å²) in [6, 6.07) is 2.70. The van der Waals surface area contributed by atoms with Crippen LogP contribution in [0.15, 0.2) is 17.0 Å². The Labute approximate surface area is 135 Å². The standard InChI is InChI=1S/C14H19Cl2NO3S/c1-4-10(5-2)8-17-14(18)12-6-11(15)7-13(9(12)3)21(16,19)20/h6-7,10H,4-5,8H2,1-3H3,(H,17,18). The number of nitrogens with one attached hydrogen (secondary N) is 1. The molecule has 4 nitrogen and oxygen atoms in total. The number of benzene rings is 1. The van der Waals surface area contributed by atoms with Gasteiger partial charge in [0, 0.05) is 27.8 Å². The molecule has 0 aliphatic rings. The predicted molar refractivity (Wildman–Crippen MR) is 85.6 cm³/mol. The van der Waals surface area contributed by atoms with Gasteiger partial charge in [-0.2, -0.15) is 0 Å². The average molecular weight is 352 g/mol. The summed E-state index contributed by atoms with van der Waals surface area (Å²) in [6.07, 6.45) is 1.93. The van der Waals surface area contributed by atoms with Crippen LogP contribution in [0.25, 0.3) is 0 Å². The fraction of sp³-hybridized carbons (Fsp3) is 0.500. The van der Waals surface area contributed by atoms with Crippen molar-refractivity contribution in [2.45, 2.75) is 38.5 Å². The largest absolute Gasteiger partial charge is 0.352 e. The van der Waals surface area contributed by atoms with Gasteiger partial charge in [0.05, 0.1) is 4.90 Å². The molecule has 0 unspecified atom stereocenters. The molecule has 1 aromatic carbocycles. The molecule has 0 fully saturated rings. The molecule has 118 valence electrons. The highest BCUT2D eigenvalue weighted by Crippen LogP contribution is 2.27. The molecule has 0 aromatic heterocycles. The maximum Gasteiger partial charge on any atom is 0.261 e. The van der Waals surface area contributed by atoms with Gasteiger partial charge in [-0.25, -0.2) is 8.42 Å². The summed E-state index contributed by atoms with van der Waals surface area (Å²) >= 11 is 5.89. The second-order valence-electron chi connectivity index (χ2n) is 4.91. The normalized spacial score (nSPS) is 11.7. The van der Waals surface area contributed by atoms with E-state index in [1.807, 2.05) is 0 Å². The lowest BCUT2D eigenvalue weighted by atomic mass is 10.0. The monoisotopic (exact) mass is 351 g/mol. The zero-order valence-electron chi connectivity index (χ0n) is 12.2. The van der Waals surface area contributed by atoms with E-state index in [0.717, 1.165) is 12.8 Å². The number of rotatable bonds is 6. The highest BCUT2D eigenvalue weighted by atomic mass is 35.7. The number of carbonyl (C=O) groups excluding carboxylic acids is 1. The topological polar surface area (TPSA) is 63.2 Å². The smallest absolute Gasteiger partial charge is 0.261 e. The van der Waals surface area contributed by atoms with E-state index in [1.54, 1.807) is 0 Å². The maximum atomic E-state index is 12.2. The number of carbonyl (C=O) groups is 1. The van der Waals surface area contributed by atoms with Gasteiger partial charge in [-0.1, -0.05) is 38.3 Å². The SMILES string of the molecule is CCC(CC)CNC(=O)c1cc(Cl)cc(S(=O)(=O)Cl)c1C. The van der Waals surface area contributed by atoms with Gasteiger partial charge in [0.15, 0.2) is 0 Å². The van der Waals surface area contributed by atoms with Crippen molar-refractivity contribution >= 4 is 37.2 Å². The zero-order valence-corrected chi connectivity index (χ0v) is 14.6. The first kappa shape index (κ1) is 18.3. The molecule has 0 radical (unpaired) electrons. The Morgan fingerprint density at radius 1 is 1.29 bits per heavy atom. The minimum absolute atomic E-state index is 0.135. The maximum absolute atomic E-state index is 12.2. The van der Waals surface area contributed by atoms with Gasteiger partial charge in [-0.15, -0.1) is 0 Å². The van der Waals surface area contributed by atoms with Gasteiger partial charge >= 0.3 is 0 Å². The molecule has 0 spiro atoms. The third-order valence-electron chi connectivity index (χ3n) is 3.54. The molecule has 0 saturated heterocycles. The molecule has 0 saturated carbocycles. The molecule has 0 atom stereocenters. The van der Waals surface area contributed by atoms with Crippen LogP contribution in [0.1, 0.15) is 42.6 Å². The van der Waals surface area contributed by atoms with E-state index in [-0.39, 0.29) is 21.4 Å². The van der Waals surface area contributed by atoms with Crippen LogP contribution < -0.4 is 5.32 Å². The first-order chi connectivity index (χ1) is 9.70. The van der Waals surface area contributed by atoms with Crippen molar-refractivity contribution in [3.63, 3.8) is 0 Å². The van der Waals surface area contributed by atoms with Gasteiger partial charge in [-0.3, -0.25) is 4.79 Å². The quantitative estimate of drug-likeness (QED) is 0.794. The highest BCUT2D eigenvalue weighted by molar-refractivity contribution is 8.13. The Balaban J connectivity index is 3.08. The first-order valence-electron chi connectivity index (χ1n) is 6.73. The Morgan fingerprint density at radius 3 is 2.33 bits per heavy atom. The van der Waals surface area contributed by atoms with Crippen LogP contribution in [0.2, 0.25) is 5.02 Å². The molecular weight excluding hydrogens is 333 g/mol. The Kier molecular flexibility index (Phi) is 6.50. The summed E-state index contributed by atoms with van der Waals surface area (Å²) in [7, 11) is 1.42. The van der Waals surface area contributed by atoms with Crippen LogP contribution in [-0.4, -0.2) is 20.9 Å². The molecule has 7 heteroatoms. The molecule has 0 bridgehead atoms. The van der Waals surface area contributed by atoms with Crippen molar-refractivity contribution in [3.05, 3.63) is 28.3 Å². The van der Waals surface area contributed by atoms with E-state index in [2.05, 4.69) is 19.2 Å². The average Bonchev–Trinajstić information content (AvgIpc) is 2.40. The molecule has 0 aliphatic carbocycles. The van der Waals surface area contributed by atoms with Crippen molar-refractivity contribution in [2.75, 3.05) is 6.54 Å². The molecule has 1 amide bonds. The van der Waals surface area contributed by atoms with E-state index >= 15 is 0 Å². The first-order valence-corrected chi connectivity index (χ1v) is 9.42. The summed E-state index contributed by atoms with van der Waals surface area (Å²) in [5, 5.41) is 2.97. The fourth-order valence-electron chi connectivity index (χ4n) is 2.05. The van der Waals surface area contributed by atoms with Gasteiger partial charge in [-0.05, 0) is 30.5 Å². The Hall–Kier alpha value is -0.780. The lowest BCUT2D eigenvalue weighted by Gasteiger charge is -2.15. The van der Waals surface area contributed by atoms with Crippen LogP contribution in [-0.2, 0) is 9.05 Å². The third-order valence-corrected chi connectivity index (χ3v) is 5.20. The molecule has 0 heterocycles. The van der Waals surface area contributed by atoms with Crippen molar-refractivity contribution in [3.8, 4) is 0 Å². The predicted octanol–water partition coefficient (Wildman–Crippen LogP) is 3.74. The van der Waals surface area contributed by atoms with Crippen LogP contribution in [0.5, 0.6) is 0 Å². The van der Waals surface area contributed by atoms with Crippen molar-refractivity contribution in [1.82, 2.24) is 5.32 Å². The van der Waals surface area contributed by atoms with Gasteiger partial charge < -0.3 is 5.32 Å². The van der Waals surface area contributed by atoms with Crippen molar-refractivity contribution < 1.29 is 13.2 Å². The Morgan fingerprint density at radius 2 is 1.86 bits per heavy atom. The second-order valence-corrected chi connectivity index (χ2v) is 7.88. The van der Waals surface area contributed by atoms with Gasteiger partial charge in [0.1, 0.15) is 0 Å². The number of halogens is 2. The number of hydrogen-bond donors (Lipinski definition) is 1. The van der Waals surface area contributed by atoms with E-state index in [0.29, 0.717) is 18.0 Å². The number of hydrogen-bond acceptors (Lipinski definition) is 3. The summed E-state index contributed by atoms with van der Waals surface area (Å²) in [6.45, 7) is 6.20. The zero-order chi connectivity index (χ0) is 16.2. The minimum Gasteiger partial charge on any atom is -0.352 e. The lowest BCUT2D eigenvalue weighted by Crippen LogP contribution is -2.29. The second kappa shape index (κ2) is 7.47. The molecule has 1 aromatic rings. The van der Waals surface area contributed by atoms with Gasteiger partial charge in [0.25, 0.3) is 15.0 Å². The van der Waals surface area contributed by atoms with Crippen molar-refractivity contribution in [2.24, 2.45) is 5.92 Å². The van der Waals surface area contributed by atoms with E-state index in [4.69, 9.17) is 22.3 Å². The molecule has 1 N–H and O–H groups in total. The number of amides is 1. The molecule has 1 rings (SSSR count). The Bertz CT molecular complexity index is 625. The van der Waals surface area contributed by atoms with E-state index in [1.165, 1.54) is 19.1 Å². The summed E-state index contributed by atoms with van der Waals surface area (Å²) in [5.41, 5.74) is 0.532. The third kappa shape index (κ3) is 4.87. The molecular formula is C14H19Cl2NO3S. The van der Waals surface area contributed by atoms with E-state index in [9.17, 15) is 13.2 Å². The highest BCUT2D eigenvalue weighted by Gasteiger charge is 2.20. The van der Waals surface area contributed by atoms with Crippen LogP contribution in [0.4, 0.5) is 0 Å². The van der Waals surface area contributed by atoms with Crippen LogP contribution in [0.3, 0.4) is 0 Å². The summed E-state index contributed by atoms with van der Waals surface area (Å²) in [4.78, 5) is 12.1.